The van der Waals surface area contributed by atoms with Gasteiger partial charge in [-0.3, -0.25) is 4.79 Å². The average molecular weight is 316 g/mol. The lowest BCUT2D eigenvalue weighted by Crippen LogP contribution is -2.24. The molecule has 1 N–H and O–H groups in total. The first-order valence-electron chi connectivity index (χ1n) is 7.10. The van der Waals surface area contributed by atoms with E-state index in [9.17, 15) is 9.18 Å². The molecule has 0 aliphatic heterocycles. The van der Waals surface area contributed by atoms with Crippen molar-refractivity contribution >= 4 is 12.1 Å². The third kappa shape index (κ3) is 5.78. The average Bonchev–Trinajstić information content (AvgIpc) is 2.56. The molecule has 23 heavy (non-hydrogen) atoms. The molecule has 0 radical (unpaired) electrons. The molecule has 0 saturated heterocycles. The van der Waals surface area contributed by atoms with Crippen LogP contribution in [-0.2, 0) is 4.79 Å². The van der Waals surface area contributed by atoms with E-state index in [0.717, 1.165) is 11.3 Å². The third-order valence-corrected chi connectivity index (χ3v) is 2.78. The maximum absolute atomic E-state index is 12.7. The number of carbonyl (C=O) groups is 1. The van der Waals surface area contributed by atoms with E-state index in [2.05, 4.69) is 10.5 Å². The molecule has 6 heteroatoms. The minimum absolute atomic E-state index is 0.202. The Morgan fingerprint density at radius 1 is 1.09 bits per heavy atom. The second-order valence-corrected chi connectivity index (χ2v) is 4.54. The summed E-state index contributed by atoms with van der Waals surface area (Å²) in [6, 6.07) is 12.7. The van der Waals surface area contributed by atoms with E-state index in [4.69, 9.17) is 9.47 Å². The number of nitrogens with one attached hydrogen (secondary N) is 1. The van der Waals surface area contributed by atoms with Crippen LogP contribution in [0.4, 0.5) is 4.39 Å². The second kappa shape index (κ2) is 8.53. The van der Waals surface area contributed by atoms with Crippen LogP contribution in [0, 0.1) is 5.82 Å². The molecule has 0 unspecified atom stereocenters. The van der Waals surface area contributed by atoms with Gasteiger partial charge in [-0.1, -0.05) is 0 Å². The Hall–Kier alpha value is -2.89. The molecule has 0 atom stereocenters. The van der Waals surface area contributed by atoms with E-state index in [1.807, 2.05) is 31.2 Å². The molecular formula is C17H17FN2O3. The molecule has 0 saturated carbocycles. The minimum Gasteiger partial charge on any atom is -0.494 e. The van der Waals surface area contributed by atoms with E-state index in [1.54, 1.807) is 0 Å². The quantitative estimate of drug-likeness (QED) is 0.631. The monoisotopic (exact) mass is 316 g/mol. The molecule has 0 spiro atoms. The Balaban J connectivity index is 1.75. The van der Waals surface area contributed by atoms with Gasteiger partial charge in [0, 0.05) is 0 Å². The SMILES string of the molecule is CCOc1ccc(C=NNC(=O)COc2ccc(F)cc2)cc1. The van der Waals surface area contributed by atoms with Crippen molar-refractivity contribution in [3.63, 3.8) is 0 Å². The fourth-order valence-electron chi connectivity index (χ4n) is 1.71. The summed E-state index contributed by atoms with van der Waals surface area (Å²) in [7, 11) is 0. The summed E-state index contributed by atoms with van der Waals surface area (Å²) >= 11 is 0. The van der Waals surface area contributed by atoms with Crippen molar-refractivity contribution in [2.24, 2.45) is 5.10 Å². The zero-order valence-corrected chi connectivity index (χ0v) is 12.7. The molecule has 5 nitrogen and oxygen atoms in total. The van der Waals surface area contributed by atoms with Crippen molar-refractivity contribution in [1.29, 1.82) is 0 Å². The van der Waals surface area contributed by atoms with Crippen molar-refractivity contribution in [3.8, 4) is 11.5 Å². The highest BCUT2D eigenvalue weighted by Gasteiger charge is 2.01. The Morgan fingerprint density at radius 2 is 1.70 bits per heavy atom. The number of benzene rings is 2. The van der Waals surface area contributed by atoms with Crippen LogP contribution >= 0.6 is 0 Å². The molecule has 1 amide bonds. The first-order valence-corrected chi connectivity index (χ1v) is 7.10. The number of rotatable bonds is 7. The van der Waals surface area contributed by atoms with Crippen molar-refractivity contribution in [2.75, 3.05) is 13.2 Å². The number of ether oxygens (including phenoxy) is 2. The summed E-state index contributed by atoms with van der Waals surface area (Å²) in [6.07, 6.45) is 1.52. The van der Waals surface area contributed by atoms with Crippen LogP contribution in [-0.4, -0.2) is 25.3 Å². The van der Waals surface area contributed by atoms with Crippen LogP contribution in [0.5, 0.6) is 11.5 Å². The van der Waals surface area contributed by atoms with Crippen LogP contribution in [0.3, 0.4) is 0 Å². The highest BCUT2D eigenvalue weighted by Crippen LogP contribution is 2.11. The lowest BCUT2D eigenvalue weighted by molar-refractivity contribution is -0.123. The molecule has 0 aliphatic carbocycles. The van der Waals surface area contributed by atoms with Crippen molar-refractivity contribution in [1.82, 2.24) is 5.43 Å². The number of hydrogen-bond donors (Lipinski definition) is 1. The molecule has 2 rings (SSSR count). The standard InChI is InChI=1S/C17H17FN2O3/c1-2-22-15-7-3-13(4-8-15)11-19-20-17(21)12-23-16-9-5-14(18)6-10-16/h3-11H,2,12H2,1H3,(H,20,21). The van der Waals surface area contributed by atoms with Crippen LogP contribution in [0.1, 0.15) is 12.5 Å². The van der Waals surface area contributed by atoms with Gasteiger partial charge in [0.1, 0.15) is 17.3 Å². The van der Waals surface area contributed by atoms with E-state index < -0.39 is 5.91 Å². The largest absolute Gasteiger partial charge is 0.494 e. The Kier molecular flexibility index (Phi) is 6.11. The number of amides is 1. The molecule has 120 valence electrons. The zero-order valence-electron chi connectivity index (χ0n) is 12.7. The van der Waals surface area contributed by atoms with E-state index >= 15 is 0 Å². The normalized spacial score (nSPS) is 10.5. The van der Waals surface area contributed by atoms with Gasteiger partial charge in [0.2, 0.25) is 0 Å². The molecule has 0 heterocycles. The smallest absolute Gasteiger partial charge is 0.277 e. The molecule has 0 bridgehead atoms. The van der Waals surface area contributed by atoms with Gasteiger partial charge in [0.15, 0.2) is 6.61 Å². The van der Waals surface area contributed by atoms with Crippen molar-refractivity contribution in [3.05, 3.63) is 59.9 Å². The summed E-state index contributed by atoms with van der Waals surface area (Å²) in [6.45, 7) is 2.32. The highest BCUT2D eigenvalue weighted by molar-refractivity contribution is 5.83. The van der Waals surface area contributed by atoms with Crippen molar-refractivity contribution in [2.45, 2.75) is 6.92 Å². The molecular weight excluding hydrogens is 299 g/mol. The fraction of sp³-hybridized carbons (Fsp3) is 0.176. The Bertz CT molecular complexity index is 655. The first-order chi connectivity index (χ1) is 11.2. The summed E-state index contributed by atoms with van der Waals surface area (Å²) < 4.78 is 23.2. The van der Waals surface area contributed by atoms with Gasteiger partial charge in [-0.25, -0.2) is 9.82 Å². The van der Waals surface area contributed by atoms with E-state index in [0.29, 0.717) is 12.4 Å². The van der Waals surface area contributed by atoms with Gasteiger partial charge < -0.3 is 9.47 Å². The van der Waals surface area contributed by atoms with Gasteiger partial charge in [0.25, 0.3) is 5.91 Å². The summed E-state index contributed by atoms with van der Waals surface area (Å²) in [4.78, 5) is 11.6. The fourth-order valence-corrected chi connectivity index (χ4v) is 1.71. The predicted molar refractivity (Wildman–Crippen MR) is 85.2 cm³/mol. The topological polar surface area (TPSA) is 59.9 Å². The lowest BCUT2D eigenvalue weighted by Gasteiger charge is -2.04. The number of nitrogens with zero attached hydrogens (tertiary/aromatic N) is 1. The Labute approximate surface area is 133 Å². The minimum atomic E-state index is -0.406. The maximum Gasteiger partial charge on any atom is 0.277 e. The highest BCUT2D eigenvalue weighted by atomic mass is 19.1. The third-order valence-electron chi connectivity index (χ3n) is 2.78. The van der Waals surface area contributed by atoms with E-state index in [-0.39, 0.29) is 12.4 Å². The second-order valence-electron chi connectivity index (χ2n) is 4.54. The summed E-state index contributed by atoms with van der Waals surface area (Å²) in [5, 5.41) is 3.84. The van der Waals surface area contributed by atoms with Gasteiger partial charge >= 0.3 is 0 Å². The van der Waals surface area contributed by atoms with Crippen molar-refractivity contribution < 1.29 is 18.7 Å². The van der Waals surface area contributed by atoms with E-state index in [1.165, 1.54) is 30.5 Å². The van der Waals surface area contributed by atoms with Crippen LogP contribution in [0.2, 0.25) is 0 Å². The number of hydrogen-bond acceptors (Lipinski definition) is 4. The van der Waals surface area contributed by atoms with Gasteiger partial charge in [-0.2, -0.15) is 5.10 Å². The van der Waals surface area contributed by atoms with Crippen LogP contribution in [0.15, 0.2) is 53.6 Å². The number of carbonyl (C=O) groups excluding carboxylic acids is 1. The number of halogens is 1. The molecule has 2 aromatic rings. The molecule has 2 aromatic carbocycles. The first kappa shape index (κ1) is 16.5. The van der Waals surface area contributed by atoms with Gasteiger partial charge in [-0.15, -0.1) is 0 Å². The molecule has 0 aliphatic rings. The Morgan fingerprint density at radius 3 is 2.35 bits per heavy atom. The summed E-state index contributed by atoms with van der Waals surface area (Å²) in [5.74, 6) is 0.427. The maximum atomic E-state index is 12.7. The number of hydrazone groups is 1. The molecule has 0 aromatic heterocycles. The van der Waals surface area contributed by atoms with Crippen LogP contribution in [0.25, 0.3) is 0 Å². The summed E-state index contributed by atoms with van der Waals surface area (Å²) in [5.41, 5.74) is 3.18. The lowest BCUT2D eigenvalue weighted by atomic mass is 10.2. The molecule has 0 fully saturated rings. The predicted octanol–water partition coefficient (Wildman–Crippen LogP) is 2.75. The zero-order chi connectivity index (χ0) is 16.5. The van der Waals surface area contributed by atoms with Crippen LogP contribution < -0.4 is 14.9 Å². The van der Waals surface area contributed by atoms with Gasteiger partial charge in [-0.05, 0) is 61.0 Å². The van der Waals surface area contributed by atoms with Gasteiger partial charge in [0.05, 0.1) is 12.8 Å².